The molecule has 0 bridgehead atoms. The minimum absolute atomic E-state index is 0.0562. The van der Waals surface area contributed by atoms with Crippen molar-refractivity contribution in [3.8, 4) is 16.8 Å². The number of aromatic nitrogens is 1. The van der Waals surface area contributed by atoms with Gasteiger partial charge in [0, 0.05) is 60.6 Å². The van der Waals surface area contributed by atoms with E-state index in [1.165, 1.54) is 66.5 Å². The highest BCUT2D eigenvalue weighted by molar-refractivity contribution is 7.00. The van der Waals surface area contributed by atoms with Crippen LogP contribution in [0.4, 0.5) is 17.1 Å². The topological polar surface area (TPSA) is 47.6 Å². The first-order valence-electron chi connectivity index (χ1n) is 22.7. The van der Waals surface area contributed by atoms with Gasteiger partial charge in [-0.05, 0) is 90.1 Å². The van der Waals surface area contributed by atoms with Crippen molar-refractivity contribution in [3.05, 3.63) is 101 Å². The van der Waals surface area contributed by atoms with Crippen LogP contribution in [0.25, 0.3) is 38.6 Å². The maximum Gasteiger partial charge on any atom is 0.338 e. The first-order chi connectivity index (χ1) is 28.2. The quantitative estimate of drug-likeness (QED) is 0.164. The van der Waals surface area contributed by atoms with Crippen molar-refractivity contribution in [2.24, 2.45) is 0 Å². The zero-order chi connectivity index (χ0) is 41.8. The minimum atomic E-state index is -0.162. The highest BCUT2D eigenvalue weighted by atomic mass is 16.4. The molecule has 0 amide bonds. The van der Waals surface area contributed by atoms with E-state index < -0.39 is 0 Å². The van der Waals surface area contributed by atoms with Crippen molar-refractivity contribution in [3.63, 3.8) is 0 Å². The fraction of sp³-hybridized carbons (Fsp3) is 0.444. The SMILES string of the molecule is CC1(C)CCC(C)(C)c2c(N3c4cc(-n5c6ccccc6c6ccccc65)cc5c4B(c4oc6c(c4-5)C(C)(C)CCC6(C)C)c4oc5c(c43)C(C)(C)CCC5(C)C)coc21. The van der Waals surface area contributed by atoms with E-state index in [0.29, 0.717) is 0 Å². The Bertz CT molecular complexity index is 2970. The van der Waals surface area contributed by atoms with Gasteiger partial charge in [-0.1, -0.05) is 119 Å². The van der Waals surface area contributed by atoms with Crippen LogP contribution in [0.1, 0.15) is 156 Å². The summed E-state index contributed by atoms with van der Waals surface area (Å²) < 4.78 is 24.5. The number of para-hydroxylation sites is 2. The largest absolute Gasteiger partial charge is 0.474 e. The van der Waals surface area contributed by atoms with Crippen LogP contribution >= 0.6 is 0 Å². The lowest BCUT2D eigenvalue weighted by atomic mass is 9.41. The molecule has 0 saturated heterocycles. The molecule has 0 radical (unpaired) electrons. The Morgan fingerprint density at radius 2 is 1.02 bits per heavy atom. The van der Waals surface area contributed by atoms with Crippen molar-refractivity contribution in [2.45, 2.75) is 154 Å². The predicted octanol–water partition coefficient (Wildman–Crippen LogP) is 12.9. The molecule has 0 fully saturated rings. The molecule has 3 aliphatic carbocycles. The van der Waals surface area contributed by atoms with E-state index in [1.807, 2.05) is 0 Å². The number of furan rings is 3. The Morgan fingerprint density at radius 3 is 1.63 bits per heavy atom. The summed E-state index contributed by atoms with van der Waals surface area (Å²) in [5.74, 6) is 3.41. The van der Waals surface area contributed by atoms with Gasteiger partial charge < -0.3 is 22.7 Å². The highest BCUT2D eigenvalue weighted by Crippen LogP contribution is 2.59. The summed E-state index contributed by atoms with van der Waals surface area (Å²) in [5, 5.41) is 2.54. The van der Waals surface area contributed by atoms with Gasteiger partial charge in [0.05, 0.1) is 28.1 Å². The van der Waals surface area contributed by atoms with Gasteiger partial charge in [-0.25, -0.2) is 0 Å². The second-order valence-electron chi connectivity index (χ2n) is 23.3. The molecule has 5 aliphatic rings. The summed E-state index contributed by atoms with van der Waals surface area (Å²) in [6, 6.07) is 22.8. The van der Waals surface area contributed by atoms with Gasteiger partial charge >= 0.3 is 6.71 Å². The fourth-order valence-corrected chi connectivity index (χ4v) is 12.7. The molecule has 3 aromatic carbocycles. The van der Waals surface area contributed by atoms with E-state index in [9.17, 15) is 0 Å². The zero-order valence-corrected chi connectivity index (χ0v) is 37.8. The second-order valence-corrected chi connectivity index (χ2v) is 23.3. The summed E-state index contributed by atoms with van der Waals surface area (Å²) in [5.41, 5.74) is 16.7. The Kier molecular flexibility index (Phi) is 6.87. The molecule has 0 N–H and O–H groups in total. The van der Waals surface area contributed by atoms with Gasteiger partial charge in [0.1, 0.15) is 29.2 Å². The third-order valence-electron chi connectivity index (χ3n) is 16.4. The normalized spacial score (nSPS) is 21.7. The Morgan fingerprint density at radius 1 is 0.517 bits per heavy atom. The average molecular weight is 795 g/mol. The fourth-order valence-electron chi connectivity index (χ4n) is 12.7. The maximum absolute atomic E-state index is 7.61. The molecule has 60 heavy (non-hydrogen) atoms. The second kappa shape index (κ2) is 11.2. The molecule has 12 rings (SSSR count). The molecule has 5 nitrogen and oxygen atoms in total. The predicted molar refractivity (Wildman–Crippen MR) is 248 cm³/mol. The summed E-state index contributed by atoms with van der Waals surface area (Å²) in [4.78, 5) is 2.63. The lowest BCUT2D eigenvalue weighted by molar-refractivity contribution is 0.278. The molecular weight excluding hydrogens is 735 g/mol. The third-order valence-corrected chi connectivity index (χ3v) is 16.4. The van der Waals surface area contributed by atoms with Gasteiger partial charge in [0.2, 0.25) is 0 Å². The maximum atomic E-state index is 7.61. The molecule has 0 atom stereocenters. The third kappa shape index (κ3) is 4.51. The van der Waals surface area contributed by atoms with Gasteiger partial charge in [0.25, 0.3) is 0 Å². The van der Waals surface area contributed by atoms with Crippen molar-refractivity contribution in [1.82, 2.24) is 4.57 Å². The Labute approximate surface area is 355 Å². The van der Waals surface area contributed by atoms with Crippen LogP contribution in [0.3, 0.4) is 0 Å². The molecule has 0 unspecified atom stereocenters. The molecule has 0 saturated carbocycles. The lowest BCUT2D eigenvalue weighted by Crippen LogP contribution is -2.54. The van der Waals surface area contributed by atoms with Crippen LogP contribution in [0.2, 0.25) is 0 Å². The van der Waals surface area contributed by atoms with Gasteiger partial charge in [-0.3, -0.25) is 0 Å². The number of benzene rings is 3. The molecule has 6 heterocycles. The zero-order valence-electron chi connectivity index (χ0n) is 37.8. The average Bonchev–Trinajstić information content (AvgIpc) is 4.01. The van der Waals surface area contributed by atoms with E-state index in [-0.39, 0.29) is 39.2 Å². The van der Waals surface area contributed by atoms with Gasteiger partial charge in [-0.2, -0.15) is 0 Å². The summed E-state index contributed by atoms with van der Waals surface area (Å²) in [6.45, 7) is 28.7. The van der Waals surface area contributed by atoms with Crippen molar-refractivity contribution < 1.29 is 13.3 Å². The first kappa shape index (κ1) is 37.0. The van der Waals surface area contributed by atoms with E-state index in [0.717, 1.165) is 78.5 Å². The highest BCUT2D eigenvalue weighted by Gasteiger charge is 2.57. The van der Waals surface area contributed by atoms with Gasteiger partial charge in [-0.15, -0.1) is 0 Å². The molecular formula is C54H59BN2O3. The summed E-state index contributed by atoms with van der Waals surface area (Å²) in [6.07, 6.45) is 8.65. The monoisotopic (exact) mass is 794 g/mol. The molecule has 7 aromatic rings. The molecule has 2 aliphatic heterocycles. The number of nitrogens with zero attached hydrogens (tertiary/aromatic N) is 2. The lowest BCUT2D eigenvalue weighted by Gasteiger charge is -2.43. The smallest absolute Gasteiger partial charge is 0.338 e. The van der Waals surface area contributed by atoms with Crippen LogP contribution in [-0.2, 0) is 32.5 Å². The van der Waals surface area contributed by atoms with Gasteiger partial charge in [0.15, 0.2) is 0 Å². The molecule has 6 heteroatoms. The van der Waals surface area contributed by atoms with Crippen molar-refractivity contribution in [2.75, 3.05) is 4.90 Å². The molecule has 4 aromatic heterocycles. The summed E-state index contributed by atoms with van der Waals surface area (Å²) >= 11 is 0. The van der Waals surface area contributed by atoms with Crippen LogP contribution in [0.15, 0.2) is 80.2 Å². The first-order valence-corrected chi connectivity index (χ1v) is 22.7. The van der Waals surface area contributed by atoms with E-state index in [2.05, 4.69) is 159 Å². The van der Waals surface area contributed by atoms with Crippen molar-refractivity contribution in [1.29, 1.82) is 0 Å². The molecule has 306 valence electrons. The standard InChI is InChI=1S/C54H59BN2O3/c1-49(2)21-24-52(7,8)44-39(49)37(29-58-44)57-36-28-30(56-34-19-15-13-17-31(34)32-18-14-16-20-35(32)56)27-33-38-40-45(53(9,10)25-22-50(40,3)4)59-47(38)55(42(33)36)48-43(57)41-46(60-48)54(11,12)26-23-51(41,5)6/h13-20,27-29H,21-26H2,1-12H3. The number of rotatable bonds is 2. The number of hydrogen-bond acceptors (Lipinski definition) is 4. The number of anilines is 3. The summed E-state index contributed by atoms with van der Waals surface area (Å²) in [7, 11) is 0. The van der Waals surface area contributed by atoms with Crippen LogP contribution < -0.4 is 21.7 Å². The van der Waals surface area contributed by atoms with E-state index in [1.54, 1.807) is 0 Å². The number of hydrogen-bond donors (Lipinski definition) is 0. The van der Waals surface area contributed by atoms with Crippen LogP contribution in [0.5, 0.6) is 0 Å². The van der Waals surface area contributed by atoms with Crippen LogP contribution in [0, 0.1) is 0 Å². The Hall–Kier alpha value is -4.84. The Balaban J connectivity index is 1.28. The van der Waals surface area contributed by atoms with E-state index >= 15 is 0 Å². The number of fused-ring (bicyclic) bond motifs is 13. The van der Waals surface area contributed by atoms with Crippen LogP contribution in [-0.4, -0.2) is 11.3 Å². The van der Waals surface area contributed by atoms with Crippen molar-refractivity contribution >= 4 is 62.4 Å². The minimum Gasteiger partial charge on any atom is -0.474 e. The molecule has 0 spiro atoms. The van der Waals surface area contributed by atoms with E-state index in [4.69, 9.17) is 13.3 Å².